The number of nitrogens with two attached hydrogens (primary N) is 3. The number of nitrogens with zero attached hydrogens (tertiary/aromatic N) is 3. The number of carbonyl (C=O) groups excluding carboxylic acids is 2. The van der Waals surface area contributed by atoms with E-state index in [4.69, 9.17) is 26.6 Å². The van der Waals surface area contributed by atoms with E-state index in [9.17, 15) is 9.59 Å². The normalized spacial score (nSPS) is 22.9. The molecule has 11 nitrogen and oxygen atoms in total. The maximum absolute atomic E-state index is 12.8. The molecule has 2 fully saturated rings. The minimum atomic E-state index is -0.491. The molecule has 1 aromatic rings. The van der Waals surface area contributed by atoms with Crippen molar-refractivity contribution in [3.05, 3.63) is 65.0 Å². The maximum atomic E-state index is 12.8. The predicted molar refractivity (Wildman–Crippen MR) is 154 cm³/mol. The highest BCUT2D eigenvalue weighted by Gasteiger charge is 2.30. The number of rotatable bonds is 10. The molecule has 2 heterocycles. The molecule has 0 spiro atoms. The summed E-state index contributed by atoms with van der Waals surface area (Å²) in [6.07, 6.45) is 10.3. The molecule has 40 heavy (non-hydrogen) atoms. The number of hydrogen-bond donors (Lipinski definition) is 5. The quantitative estimate of drug-likeness (QED) is 0.262. The lowest BCUT2D eigenvalue weighted by atomic mass is 9.89. The number of nitrogens with one attached hydrogen (secondary N) is 2. The van der Waals surface area contributed by atoms with E-state index in [1.807, 2.05) is 30.3 Å². The van der Waals surface area contributed by atoms with Gasteiger partial charge in [-0.1, -0.05) is 24.3 Å². The van der Waals surface area contributed by atoms with Crippen molar-refractivity contribution < 1.29 is 19.7 Å². The van der Waals surface area contributed by atoms with Crippen LogP contribution in [0, 0.1) is 11.8 Å². The number of aliphatic imine (C=N–C) groups is 2. The summed E-state index contributed by atoms with van der Waals surface area (Å²) in [6, 6.07) is 7.40. The molecule has 2 unspecified atom stereocenters. The van der Waals surface area contributed by atoms with Gasteiger partial charge >= 0.3 is 5.91 Å². The molecular formula is C29H37N8O3+. The van der Waals surface area contributed by atoms with Crippen LogP contribution in [0.5, 0.6) is 0 Å². The number of hydrogen-bond acceptors (Lipinski definition) is 7. The summed E-state index contributed by atoms with van der Waals surface area (Å²) in [5.41, 5.74) is 15.1. The Morgan fingerprint density at radius 3 is 2.83 bits per heavy atom. The van der Waals surface area contributed by atoms with E-state index in [0.29, 0.717) is 48.3 Å². The van der Waals surface area contributed by atoms with E-state index in [2.05, 4.69) is 20.5 Å². The Bertz CT molecular complexity index is 1320. The smallest absolute Gasteiger partial charge is 0.319 e. The molecule has 1 saturated heterocycles. The van der Waals surface area contributed by atoms with Crippen molar-refractivity contribution in [3.8, 4) is 0 Å². The fraction of sp³-hybridized carbons (Fsp3) is 0.414. The third kappa shape index (κ3) is 6.72. The number of anilines is 1. The summed E-state index contributed by atoms with van der Waals surface area (Å²) in [4.78, 5) is 36.8. The minimum absolute atomic E-state index is 0.0814. The van der Waals surface area contributed by atoms with Crippen LogP contribution < -0.4 is 27.5 Å². The monoisotopic (exact) mass is 545 g/mol. The zero-order chi connectivity index (χ0) is 28.1. The second-order valence-corrected chi connectivity index (χ2v) is 10.5. The lowest BCUT2D eigenvalue weighted by Gasteiger charge is -2.29. The highest BCUT2D eigenvalue weighted by atomic mass is 16.5. The van der Waals surface area contributed by atoms with Crippen molar-refractivity contribution in [1.29, 1.82) is 0 Å². The summed E-state index contributed by atoms with van der Waals surface area (Å²) in [6.45, 7) is 4.00. The highest BCUT2D eigenvalue weighted by molar-refractivity contribution is 6.44. The van der Waals surface area contributed by atoms with E-state index < -0.39 is 11.8 Å². The third-order valence-electron chi connectivity index (χ3n) is 7.56. The number of amides is 2. The van der Waals surface area contributed by atoms with Crippen LogP contribution in [0.15, 0.2) is 69.4 Å². The Balaban J connectivity index is 1.39. The summed E-state index contributed by atoms with van der Waals surface area (Å²) in [5.74, 6) is -0.119. The average Bonchev–Trinajstić information content (AvgIpc) is 3.81. The predicted octanol–water partition coefficient (Wildman–Crippen LogP) is 0.187. The number of amidine groups is 1. The van der Waals surface area contributed by atoms with Crippen LogP contribution in [0.3, 0.4) is 0 Å². The van der Waals surface area contributed by atoms with Crippen LogP contribution in [0.2, 0.25) is 0 Å². The first-order valence-electron chi connectivity index (χ1n) is 13.8. The van der Waals surface area contributed by atoms with Gasteiger partial charge in [-0.25, -0.2) is 10.4 Å². The Kier molecular flexibility index (Phi) is 8.51. The van der Waals surface area contributed by atoms with Gasteiger partial charge in [-0.2, -0.15) is 0 Å². The molecule has 5 rings (SSSR count). The van der Waals surface area contributed by atoms with Gasteiger partial charge in [0.1, 0.15) is 5.84 Å². The van der Waals surface area contributed by atoms with Gasteiger partial charge in [0, 0.05) is 42.8 Å². The van der Waals surface area contributed by atoms with Crippen LogP contribution in [-0.2, 0) is 14.3 Å². The lowest BCUT2D eigenvalue weighted by molar-refractivity contribution is -0.132. The van der Waals surface area contributed by atoms with Gasteiger partial charge in [0.15, 0.2) is 0 Å². The number of allylic oxidation sites excluding steroid dienone is 2. The van der Waals surface area contributed by atoms with Crippen molar-refractivity contribution in [3.63, 3.8) is 0 Å². The van der Waals surface area contributed by atoms with Gasteiger partial charge in [0.05, 0.1) is 37.1 Å². The van der Waals surface area contributed by atoms with Crippen molar-refractivity contribution in [2.45, 2.75) is 31.7 Å². The zero-order valence-corrected chi connectivity index (χ0v) is 22.5. The number of fused-ring (bicyclic) bond motifs is 1. The minimum Gasteiger partial charge on any atom is -0.402 e. The van der Waals surface area contributed by atoms with Gasteiger partial charge in [0.25, 0.3) is 5.71 Å². The van der Waals surface area contributed by atoms with Gasteiger partial charge in [-0.15, -0.1) is 0 Å². The van der Waals surface area contributed by atoms with Crippen LogP contribution >= 0.6 is 0 Å². The van der Waals surface area contributed by atoms with Gasteiger partial charge in [0.2, 0.25) is 5.91 Å². The summed E-state index contributed by atoms with van der Waals surface area (Å²) < 4.78 is 5.50. The fourth-order valence-corrected chi connectivity index (χ4v) is 5.13. The molecule has 2 aliphatic carbocycles. The zero-order valence-electron chi connectivity index (χ0n) is 22.5. The van der Waals surface area contributed by atoms with E-state index in [1.54, 1.807) is 18.5 Å². The largest absolute Gasteiger partial charge is 0.402 e. The van der Waals surface area contributed by atoms with Crippen molar-refractivity contribution >= 4 is 35.4 Å². The van der Waals surface area contributed by atoms with E-state index in [1.165, 1.54) is 0 Å². The molecule has 0 aromatic heterocycles. The number of morpholine rings is 1. The van der Waals surface area contributed by atoms with E-state index in [0.717, 1.165) is 50.2 Å². The van der Waals surface area contributed by atoms with E-state index >= 15 is 0 Å². The Labute approximate surface area is 233 Å². The number of benzene rings is 1. The lowest BCUT2D eigenvalue weighted by Crippen LogP contribution is -2.46. The SMILES string of the molecule is NC(=O)C1=C2NC=NC(=NC(CCN3CCOCC3)c3cccc(NC(=O)C(=[NH2+])C=C(N)C4CC4)c3)C2CC=C1. The standard InChI is InChI=1S/C29H36N8O3/c30-23(18-7-8-18)16-24(31)29(39)35-20-4-1-3-19(15-20)25(9-10-37-11-13-40-14-12-37)36-28-22-6-2-5-21(27(32)38)26(22)33-17-34-28/h1-5,15-18,22,25,31H,6-14,30H2,(H2,32,38)(H,35,39)(H,33,34,36)/p+1. The highest BCUT2D eigenvalue weighted by Crippen LogP contribution is 2.34. The Morgan fingerprint density at radius 1 is 1.27 bits per heavy atom. The Morgan fingerprint density at radius 2 is 2.08 bits per heavy atom. The topological polar surface area (TPSA) is 173 Å². The molecule has 2 aliphatic heterocycles. The molecule has 1 aromatic carbocycles. The van der Waals surface area contributed by atoms with Crippen LogP contribution in [-0.4, -0.2) is 67.4 Å². The molecule has 8 N–H and O–H groups in total. The first kappa shape index (κ1) is 27.5. The van der Waals surface area contributed by atoms with Crippen molar-refractivity contribution in [2.24, 2.45) is 33.3 Å². The number of primary amides is 1. The van der Waals surface area contributed by atoms with Gasteiger partial charge in [-0.3, -0.25) is 19.5 Å². The fourth-order valence-electron chi connectivity index (χ4n) is 5.13. The molecule has 4 aliphatic rings. The first-order chi connectivity index (χ1) is 19.4. The van der Waals surface area contributed by atoms with Crippen LogP contribution in [0.25, 0.3) is 0 Å². The van der Waals surface area contributed by atoms with Crippen LogP contribution in [0.4, 0.5) is 5.69 Å². The Hall–Kier alpha value is -4.09. The van der Waals surface area contributed by atoms with Crippen LogP contribution in [0.1, 0.15) is 37.3 Å². The summed E-state index contributed by atoms with van der Waals surface area (Å²) in [5, 5.41) is 12.0. The average molecular weight is 546 g/mol. The molecule has 210 valence electrons. The molecule has 0 radical (unpaired) electrons. The van der Waals surface area contributed by atoms with Crippen molar-refractivity contribution in [1.82, 2.24) is 10.2 Å². The molecule has 11 heteroatoms. The van der Waals surface area contributed by atoms with Gasteiger partial charge in [-0.05, 0) is 49.3 Å². The molecule has 1 saturated carbocycles. The first-order valence-corrected chi connectivity index (χ1v) is 13.8. The molecule has 0 bridgehead atoms. The van der Waals surface area contributed by atoms with Crippen molar-refractivity contribution in [2.75, 3.05) is 38.2 Å². The maximum Gasteiger partial charge on any atom is 0.319 e. The molecule has 2 atom stereocenters. The second kappa shape index (κ2) is 12.4. The summed E-state index contributed by atoms with van der Waals surface area (Å²) in [7, 11) is 0. The molecular weight excluding hydrogens is 508 g/mol. The number of carbonyl (C=O) groups is 2. The second-order valence-electron chi connectivity index (χ2n) is 10.5. The third-order valence-corrected chi connectivity index (χ3v) is 7.56. The summed E-state index contributed by atoms with van der Waals surface area (Å²) >= 11 is 0. The van der Waals surface area contributed by atoms with Gasteiger partial charge < -0.3 is 26.8 Å². The number of ether oxygens (including phenoxy) is 1. The van der Waals surface area contributed by atoms with E-state index in [-0.39, 0.29) is 17.7 Å². The molecule has 2 amide bonds.